The minimum Gasteiger partial charge on any atom is -0.298 e. The molecule has 0 spiro atoms. The molecule has 1 aromatic heterocycles. The highest BCUT2D eigenvalue weighted by Crippen LogP contribution is 2.20. The maximum absolute atomic E-state index is 5.63. The second kappa shape index (κ2) is 5.46. The van der Waals surface area contributed by atoms with E-state index < -0.39 is 0 Å². The van der Waals surface area contributed by atoms with E-state index in [4.69, 9.17) is 4.84 Å². The summed E-state index contributed by atoms with van der Waals surface area (Å²) in [4.78, 5) is 10.2. The molecule has 1 N–H and O–H groups in total. The van der Waals surface area contributed by atoms with Gasteiger partial charge in [-0.2, -0.15) is 5.48 Å². The first kappa shape index (κ1) is 11.6. The van der Waals surface area contributed by atoms with E-state index in [-0.39, 0.29) is 0 Å². The van der Waals surface area contributed by atoms with Gasteiger partial charge in [-0.25, -0.2) is 0 Å². The van der Waals surface area contributed by atoms with Crippen molar-refractivity contribution >= 4 is 10.9 Å². The molecule has 3 nitrogen and oxygen atoms in total. The molecule has 3 heteroatoms. The summed E-state index contributed by atoms with van der Waals surface area (Å²) >= 11 is 0. The lowest BCUT2D eigenvalue weighted by atomic mass is 10.2. The van der Waals surface area contributed by atoms with Crippen molar-refractivity contribution in [2.45, 2.75) is 38.3 Å². The molecular weight excluding hydrogens is 224 g/mol. The number of hydroxylamine groups is 1. The minimum absolute atomic E-state index is 0.394. The Morgan fingerprint density at radius 1 is 1.11 bits per heavy atom. The standard InChI is InChI=1S/C15H18N2O/c1-4-8-15-12(5-1)9-10-13(17-15)11-16-18-14-6-2-3-7-14/h1,4-5,8-10,14,16H,2-3,6-7,11H2. The Labute approximate surface area is 107 Å². The van der Waals surface area contributed by atoms with Crippen LogP contribution in [0.2, 0.25) is 0 Å². The number of benzene rings is 1. The average Bonchev–Trinajstić information content (AvgIpc) is 2.92. The summed E-state index contributed by atoms with van der Waals surface area (Å²) in [6.45, 7) is 0.668. The summed E-state index contributed by atoms with van der Waals surface area (Å²) < 4.78 is 0. The molecule has 0 saturated heterocycles. The van der Waals surface area contributed by atoms with E-state index in [1.807, 2.05) is 24.3 Å². The lowest BCUT2D eigenvalue weighted by Crippen LogP contribution is -2.21. The zero-order chi connectivity index (χ0) is 12.2. The number of pyridine rings is 1. The van der Waals surface area contributed by atoms with Crippen molar-refractivity contribution in [3.63, 3.8) is 0 Å². The molecule has 1 aliphatic rings. The van der Waals surface area contributed by atoms with E-state index in [1.165, 1.54) is 31.1 Å². The summed E-state index contributed by atoms with van der Waals surface area (Å²) in [6.07, 6.45) is 5.34. The van der Waals surface area contributed by atoms with Gasteiger partial charge in [-0.3, -0.25) is 9.82 Å². The normalized spacial score (nSPS) is 16.4. The molecule has 1 aliphatic carbocycles. The fourth-order valence-electron chi connectivity index (χ4n) is 2.45. The summed E-state index contributed by atoms with van der Waals surface area (Å²) in [7, 11) is 0. The Kier molecular flexibility index (Phi) is 3.53. The molecule has 1 heterocycles. The largest absolute Gasteiger partial charge is 0.298 e. The first-order valence-corrected chi connectivity index (χ1v) is 6.65. The van der Waals surface area contributed by atoms with Crippen LogP contribution < -0.4 is 5.48 Å². The van der Waals surface area contributed by atoms with Crippen molar-refractivity contribution in [3.05, 3.63) is 42.1 Å². The van der Waals surface area contributed by atoms with Gasteiger partial charge in [-0.05, 0) is 25.0 Å². The number of fused-ring (bicyclic) bond motifs is 1. The lowest BCUT2D eigenvalue weighted by Gasteiger charge is -2.11. The molecular formula is C15H18N2O. The first-order chi connectivity index (χ1) is 8.92. The monoisotopic (exact) mass is 242 g/mol. The third-order valence-corrected chi connectivity index (χ3v) is 3.46. The molecule has 0 radical (unpaired) electrons. The van der Waals surface area contributed by atoms with Gasteiger partial charge in [0.05, 0.1) is 23.9 Å². The number of rotatable bonds is 4. The minimum atomic E-state index is 0.394. The predicted molar refractivity (Wildman–Crippen MR) is 71.9 cm³/mol. The topological polar surface area (TPSA) is 34.2 Å². The van der Waals surface area contributed by atoms with E-state index in [1.54, 1.807) is 0 Å². The Morgan fingerprint density at radius 2 is 1.94 bits per heavy atom. The van der Waals surface area contributed by atoms with Gasteiger partial charge in [0.25, 0.3) is 0 Å². The van der Waals surface area contributed by atoms with Crippen LogP contribution in [0.15, 0.2) is 36.4 Å². The maximum Gasteiger partial charge on any atom is 0.0790 e. The fraction of sp³-hybridized carbons (Fsp3) is 0.400. The van der Waals surface area contributed by atoms with Crippen LogP contribution in [0.5, 0.6) is 0 Å². The Hall–Kier alpha value is -1.45. The van der Waals surface area contributed by atoms with Crippen LogP contribution in [-0.4, -0.2) is 11.1 Å². The highest BCUT2D eigenvalue weighted by molar-refractivity contribution is 5.78. The SMILES string of the molecule is c1ccc2nc(CNOC3CCCC3)ccc2c1. The van der Waals surface area contributed by atoms with Crippen LogP contribution in [-0.2, 0) is 11.4 Å². The average molecular weight is 242 g/mol. The van der Waals surface area contributed by atoms with Crippen LogP contribution in [0, 0.1) is 0 Å². The van der Waals surface area contributed by atoms with Crippen LogP contribution in [0.3, 0.4) is 0 Å². The van der Waals surface area contributed by atoms with Crippen molar-refractivity contribution < 1.29 is 4.84 Å². The molecule has 0 atom stereocenters. The number of aromatic nitrogens is 1. The Morgan fingerprint density at radius 3 is 2.83 bits per heavy atom. The number of hydrogen-bond donors (Lipinski definition) is 1. The van der Waals surface area contributed by atoms with Gasteiger partial charge in [0.15, 0.2) is 0 Å². The fourth-order valence-corrected chi connectivity index (χ4v) is 2.45. The molecule has 1 fully saturated rings. The van der Waals surface area contributed by atoms with Crippen LogP contribution in [0.1, 0.15) is 31.4 Å². The van der Waals surface area contributed by atoms with Gasteiger partial charge in [-0.15, -0.1) is 0 Å². The quantitative estimate of drug-likeness (QED) is 0.836. The second-order valence-corrected chi connectivity index (χ2v) is 4.84. The van der Waals surface area contributed by atoms with E-state index >= 15 is 0 Å². The Bertz CT molecular complexity index is 521. The molecule has 3 rings (SSSR count). The summed E-state index contributed by atoms with van der Waals surface area (Å²) in [6, 6.07) is 12.3. The molecule has 1 saturated carbocycles. The van der Waals surface area contributed by atoms with E-state index in [0.717, 1.165) is 11.2 Å². The first-order valence-electron chi connectivity index (χ1n) is 6.65. The second-order valence-electron chi connectivity index (χ2n) is 4.84. The van der Waals surface area contributed by atoms with Crippen molar-refractivity contribution in [1.82, 2.24) is 10.5 Å². The van der Waals surface area contributed by atoms with Gasteiger partial charge < -0.3 is 0 Å². The number of nitrogens with one attached hydrogen (secondary N) is 1. The van der Waals surface area contributed by atoms with Crippen molar-refractivity contribution in [2.24, 2.45) is 0 Å². The van der Waals surface area contributed by atoms with Crippen molar-refractivity contribution in [1.29, 1.82) is 0 Å². The molecule has 2 aromatic rings. The van der Waals surface area contributed by atoms with Gasteiger partial charge in [0.1, 0.15) is 0 Å². The smallest absolute Gasteiger partial charge is 0.0790 e. The van der Waals surface area contributed by atoms with Crippen molar-refractivity contribution in [2.75, 3.05) is 0 Å². The Balaban J connectivity index is 1.60. The van der Waals surface area contributed by atoms with Crippen molar-refractivity contribution in [3.8, 4) is 0 Å². The molecule has 0 unspecified atom stereocenters. The predicted octanol–water partition coefficient (Wildman–Crippen LogP) is 3.20. The zero-order valence-corrected chi connectivity index (χ0v) is 10.4. The number of hydrogen-bond acceptors (Lipinski definition) is 3. The third kappa shape index (κ3) is 2.68. The summed E-state index contributed by atoms with van der Waals surface area (Å²) in [5.74, 6) is 0. The third-order valence-electron chi connectivity index (χ3n) is 3.46. The van der Waals surface area contributed by atoms with Gasteiger partial charge in [-0.1, -0.05) is 37.1 Å². The lowest BCUT2D eigenvalue weighted by molar-refractivity contribution is -0.0248. The molecule has 94 valence electrons. The van der Waals surface area contributed by atoms with Crippen LogP contribution >= 0.6 is 0 Å². The highest BCUT2D eigenvalue weighted by Gasteiger charge is 2.15. The van der Waals surface area contributed by atoms with Crippen LogP contribution in [0.4, 0.5) is 0 Å². The van der Waals surface area contributed by atoms with E-state index in [2.05, 4.69) is 22.6 Å². The zero-order valence-electron chi connectivity index (χ0n) is 10.4. The maximum atomic E-state index is 5.63. The number of para-hydroxylation sites is 1. The highest BCUT2D eigenvalue weighted by atomic mass is 16.7. The molecule has 0 amide bonds. The van der Waals surface area contributed by atoms with Gasteiger partial charge in [0.2, 0.25) is 0 Å². The van der Waals surface area contributed by atoms with Gasteiger partial charge in [0, 0.05) is 5.39 Å². The molecule has 18 heavy (non-hydrogen) atoms. The van der Waals surface area contributed by atoms with Gasteiger partial charge >= 0.3 is 0 Å². The van der Waals surface area contributed by atoms with E-state index in [0.29, 0.717) is 12.6 Å². The van der Waals surface area contributed by atoms with Crippen LogP contribution in [0.25, 0.3) is 10.9 Å². The summed E-state index contributed by atoms with van der Waals surface area (Å²) in [5.41, 5.74) is 5.11. The molecule has 0 aliphatic heterocycles. The molecule has 1 aromatic carbocycles. The van der Waals surface area contributed by atoms with E-state index in [9.17, 15) is 0 Å². The molecule has 0 bridgehead atoms. The summed E-state index contributed by atoms with van der Waals surface area (Å²) in [5, 5.41) is 1.18. The number of nitrogens with zero attached hydrogens (tertiary/aromatic N) is 1.